The zero-order valence-electron chi connectivity index (χ0n) is 7.43. The number of terminal acetylenes is 1. The number of carbonyl (C=O) groups excluding carboxylic acids is 2. The summed E-state index contributed by atoms with van der Waals surface area (Å²) in [7, 11) is 0. The molecule has 0 saturated carbocycles. The maximum atomic E-state index is 11.0. The van der Waals surface area contributed by atoms with Gasteiger partial charge in [0.1, 0.15) is 11.6 Å². The van der Waals surface area contributed by atoms with Gasteiger partial charge < -0.3 is 4.79 Å². The van der Waals surface area contributed by atoms with Gasteiger partial charge in [0.25, 0.3) is 0 Å². The topological polar surface area (TPSA) is 34.1 Å². The number of carbonyl (C=O) groups is 2. The Hall–Kier alpha value is -1.10. The fourth-order valence-electron chi connectivity index (χ4n) is 0.871. The molecule has 12 heavy (non-hydrogen) atoms. The molecular formula is C10H14O2. The SMILES string of the molecule is C#CCCC(=O)CCCC(C)=O. The predicted molar refractivity (Wildman–Crippen MR) is 47.6 cm³/mol. The summed E-state index contributed by atoms with van der Waals surface area (Å²) < 4.78 is 0. The van der Waals surface area contributed by atoms with Crippen molar-refractivity contribution in [3.63, 3.8) is 0 Å². The van der Waals surface area contributed by atoms with Gasteiger partial charge in [-0.2, -0.15) is 0 Å². The molecule has 2 heteroatoms. The zero-order chi connectivity index (χ0) is 9.40. The van der Waals surface area contributed by atoms with Gasteiger partial charge in [0.05, 0.1) is 0 Å². The minimum absolute atomic E-state index is 0.139. The van der Waals surface area contributed by atoms with E-state index in [2.05, 4.69) is 5.92 Å². The summed E-state index contributed by atoms with van der Waals surface area (Å²) in [4.78, 5) is 21.5. The molecule has 66 valence electrons. The quantitative estimate of drug-likeness (QED) is 0.563. The maximum Gasteiger partial charge on any atom is 0.133 e. The molecule has 0 aromatic carbocycles. The van der Waals surface area contributed by atoms with Crippen LogP contribution in [0.5, 0.6) is 0 Å². The van der Waals surface area contributed by atoms with Gasteiger partial charge >= 0.3 is 0 Å². The monoisotopic (exact) mass is 166 g/mol. The lowest BCUT2D eigenvalue weighted by Gasteiger charge is -1.95. The Bertz CT molecular complexity index is 198. The van der Waals surface area contributed by atoms with Crippen LogP contribution in [0.4, 0.5) is 0 Å². The van der Waals surface area contributed by atoms with Crippen LogP contribution >= 0.6 is 0 Å². The maximum absolute atomic E-state index is 11.0. The molecule has 0 radical (unpaired) electrons. The van der Waals surface area contributed by atoms with Crippen LogP contribution in [0.2, 0.25) is 0 Å². The van der Waals surface area contributed by atoms with Crippen LogP contribution in [0.1, 0.15) is 39.0 Å². The number of ketones is 2. The normalized spacial score (nSPS) is 9.00. The highest BCUT2D eigenvalue weighted by molar-refractivity contribution is 5.80. The lowest BCUT2D eigenvalue weighted by atomic mass is 10.1. The molecule has 0 aliphatic carbocycles. The Kier molecular flexibility index (Phi) is 6.00. The lowest BCUT2D eigenvalue weighted by Crippen LogP contribution is -1.98. The van der Waals surface area contributed by atoms with Gasteiger partial charge in [0, 0.05) is 25.7 Å². The average molecular weight is 166 g/mol. The summed E-state index contributed by atoms with van der Waals surface area (Å²) in [5.74, 6) is 2.71. The minimum atomic E-state index is 0.139. The van der Waals surface area contributed by atoms with E-state index in [0.717, 1.165) is 0 Å². The molecule has 0 N–H and O–H groups in total. The third kappa shape index (κ3) is 7.01. The number of Topliss-reactive ketones (excluding diaryl/α,β-unsaturated/α-hetero) is 2. The summed E-state index contributed by atoms with van der Waals surface area (Å²) in [5, 5.41) is 0. The van der Waals surface area contributed by atoms with Gasteiger partial charge in [-0.15, -0.1) is 12.3 Å². The van der Waals surface area contributed by atoms with Crippen molar-refractivity contribution in [3.8, 4) is 12.3 Å². The molecular weight excluding hydrogens is 152 g/mol. The van der Waals surface area contributed by atoms with Crippen molar-refractivity contribution in [2.45, 2.75) is 39.0 Å². The van der Waals surface area contributed by atoms with E-state index in [0.29, 0.717) is 32.1 Å². The second kappa shape index (κ2) is 6.60. The molecule has 0 heterocycles. The predicted octanol–water partition coefficient (Wildman–Crippen LogP) is 1.73. The third-order valence-electron chi connectivity index (χ3n) is 1.53. The highest BCUT2D eigenvalue weighted by Gasteiger charge is 2.01. The molecule has 0 amide bonds. The van der Waals surface area contributed by atoms with E-state index in [1.165, 1.54) is 6.92 Å². The van der Waals surface area contributed by atoms with Crippen LogP contribution in [0.3, 0.4) is 0 Å². The Morgan fingerprint density at radius 2 is 1.92 bits per heavy atom. The highest BCUT2D eigenvalue weighted by Crippen LogP contribution is 2.01. The minimum Gasteiger partial charge on any atom is -0.300 e. The van der Waals surface area contributed by atoms with E-state index < -0.39 is 0 Å². The molecule has 0 fully saturated rings. The van der Waals surface area contributed by atoms with E-state index in [1.807, 2.05) is 0 Å². The fourth-order valence-corrected chi connectivity index (χ4v) is 0.871. The van der Waals surface area contributed by atoms with E-state index in [4.69, 9.17) is 6.42 Å². The van der Waals surface area contributed by atoms with Gasteiger partial charge in [0.15, 0.2) is 0 Å². The molecule has 0 aliphatic heterocycles. The molecule has 0 bridgehead atoms. The van der Waals surface area contributed by atoms with Gasteiger partial charge in [-0.25, -0.2) is 0 Å². The summed E-state index contributed by atoms with van der Waals surface area (Å²) in [5.41, 5.74) is 0. The summed E-state index contributed by atoms with van der Waals surface area (Å²) in [6.45, 7) is 1.53. The molecule has 0 aliphatic rings. The zero-order valence-corrected chi connectivity index (χ0v) is 7.43. The smallest absolute Gasteiger partial charge is 0.133 e. The van der Waals surface area contributed by atoms with Crippen LogP contribution in [-0.4, -0.2) is 11.6 Å². The van der Waals surface area contributed by atoms with Crippen molar-refractivity contribution in [2.75, 3.05) is 0 Å². The van der Waals surface area contributed by atoms with Crippen LogP contribution in [-0.2, 0) is 9.59 Å². The molecule has 0 aromatic rings. The lowest BCUT2D eigenvalue weighted by molar-refractivity contribution is -0.119. The average Bonchev–Trinajstić information content (AvgIpc) is 2.00. The Morgan fingerprint density at radius 1 is 1.25 bits per heavy atom. The van der Waals surface area contributed by atoms with Gasteiger partial charge in [-0.3, -0.25) is 4.79 Å². The van der Waals surface area contributed by atoms with E-state index in [-0.39, 0.29) is 11.6 Å². The Morgan fingerprint density at radius 3 is 2.42 bits per heavy atom. The van der Waals surface area contributed by atoms with Gasteiger partial charge in [-0.1, -0.05) is 0 Å². The fraction of sp³-hybridized carbons (Fsp3) is 0.600. The molecule has 0 atom stereocenters. The first-order valence-corrected chi connectivity index (χ1v) is 4.11. The molecule has 0 aromatic heterocycles. The molecule has 0 spiro atoms. The van der Waals surface area contributed by atoms with Crippen molar-refractivity contribution in [3.05, 3.63) is 0 Å². The second-order valence-electron chi connectivity index (χ2n) is 2.80. The largest absolute Gasteiger partial charge is 0.300 e. The number of hydrogen-bond acceptors (Lipinski definition) is 2. The molecule has 0 rings (SSSR count). The van der Waals surface area contributed by atoms with Gasteiger partial charge in [-0.05, 0) is 13.3 Å². The van der Waals surface area contributed by atoms with Crippen molar-refractivity contribution in [1.82, 2.24) is 0 Å². The molecule has 2 nitrogen and oxygen atoms in total. The van der Waals surface area contributed by atoms with Crippen molar-refractivity contribution in [2.24, 2.45) is 0 Å². The number of rotatable bonds is 6. The standard InChI is InChI=1S/C10H14O2/c1-3-4-7-10(12)8-5-6-9(2)11/h1H,4-8H2,2H3. The summed E-state index contributed by atoms with van der Waals surface area (Å²) >= 11 is 0. The Labute approximate surface area is 73.3 Å². The first-order valence-electron chi connectivity index (χ1n) is 4.11. The van der Waals surface area contributed by atoms with Crippen LogP contribution in [0, 0.1) is 12.3 Å². The van der Waals surface area contributed by atoms with Crippen LogP contribution in [0.25, 0.3) is 0 Å². The van der Waals surface area contributed by atoms with Crippen molar-refractivity contribution < 1.29 is 9.59 Å². The second-order valence-corrected chi connectivity index (χ2v) is 2.80. The van der Waals surface area contributed by atoms with Crippen molar-refractivity contribution in [1.29, 1.82) is 0 Å². The van der Waals surface area contributed by atoms with Crippen molar-refractivity contribution >= 4 is 11.6 Å². The molecule has 0 saturated heterocycles. The van der Waals surface area contributed by atoms with Gasteiger partial charge in [0.2, 0.25) is 0 Å². The molecule has 0 unspecified atom stereocenters. The third-order valence-corrected chi connectivity index (χ3v) is 1.53. The van der Waals surface area contributed by atoms with E-state index in [1.54, 1.807) is 0 Å². The first kappa shape index (κ1) is 10.9. The number of hydrogen-bond donors (Lipinski definition) is 0. The Balaban J connectivity index is 3.33. The van der Waals surface area contributed by atoms with E-state index >= 15 is 0 Å². The highest BCUT2D eigenvalue weighted by atomic mass is 16.1. The van der Waals surface area contributed by atoms with Crippen LogP contribution < -0.4 is 0 Å². The summed E-state index contributed by atoms with van der Waals surface area (Å²) in [6.07, 6.45) is 7.62. The first-order chi connectivity index (χ1) is 5.66. The van der Waals surface area contributed by atoms with Crippen LogP contribution in [0.15, 0.2) is 0 Å². The summed E-state index contributed by atoms with van der Waals surface area (Å²) in [6, 6.07) is 0. The van der Waals surface area contributed by atoms with E-state index in [9.17, 15) is 9.59 Å².